The van der Waals surface area contributed by atoms with Crippen LogP contribution in [0.2, 0.25) is 0 Å². The first-order valence-electron chi connectivity index (χ1n) is 10.8. The zero-order chi connectivity index (χ0) is 21.5. The molecule has 0 saturated carbocycles. The number of hydrogen-bond donors (Lipinski definition) is 0. The van der Waals surface area contributed by atoms with Gasteiger partial charge in [-0.2, -0.15) is 0 Å². The summed E-state index contributed by atoms with van der Waals surface area (Å²) in [5, 5.41) is 0. The third-order valence-electron chi connectivity index (χ3n) is 5.55. The summed E-state index contributed by atoms with van der Waals surface area (Å²) in [5.41, 5.74) is 2.12. The number of carbonyl (C=O) groups is 2. The van der Waals surface area contributed by atoms with Crippen LogP contribution in [0.5, 0.6) is 5.75 Å². The molecule has 1 unspecified atom stereocenters. The maximum Gasteiger partial charge on any atom is 0.263 e. The summed E-state index contributed by atoms with van der Waals surface area (Å²) in [6.45, 7) is 8.47. The largest absolute Gasteiger partial charge is 0.481 e. The van der Waals surface area contributed by atoms with Gasteiger partial charge in [0, 0.05) is 26.2 Å². The molecule has 1 heterocycles. The summed E-state index contributed by atoms with van der Waals surface area (Å²) in [7, 11) is 0. The molecule has 1 saturated heterocycles. The van der Waals surface area contributed by atoms with Crippen molar-refractivity contribution in [1.29, 1.82) is 0 Å². The average molecular weight is 409 g/mol. The molecule has 1 aliphatic rings. The highest BCUT2D eigenvalue weighted by Crippen LogP contribution is 2.27. The number of ether oxygens (including phenoxy) is 1. The van der Waals surface area contributed by atoms with Crippen LogP contribution in [-0.2, 0) is 16.0 Å². The molecule has 0 N–H and O–H groups in total. The first-order chi connectivity index (χ1) is 14.5. The standard InChI is InChI=1S/C25H32N2O3/c1-19(2)22-12-7-8-13-23(22)30-20(3)25(29)27-15-9-14-26(16-17-27)24(28)18-21-10-5-4-6-11-21/h4-8,10-13,19-20H,9,14-18H2,1-3H3. The Hall–Kier alpha value is -2.82. The van der Waals surface area contributed by atoms with Gasteiger partial charge in [-0.1, -0.05) is 62.4 Å². The molecule has 5 nitrogen and oxygen atoms in total. The van der Waals surface area contributed by atoms with E-state index in [9.17, 15) is 9.59 Å². The second kappa shape index (κ2) is 10.3. The molecule has 2 amide bonds. The molecule has 0 aliphatic carbocycles. The summed E-state index contributed by atoms with van der Waals surface area (Å²) in [6.07, 6.45) is 0.624. The van der Waals surface area contributed by atoms with Gasteiger partial charge < -0.3 is 14.5 Å². The third-order valence-corrected chi connectivity index (χ3v) is 5.55. The highest BCUT2D eigenvalue weighted by Gasteiger charge is 2.26. The van der Waals surface area contributed by atoms with Gasteiger partial charge in [0.2, 0.25) is 5.91 Å². The Morgan fingerprint density at radius 3 is 2.23 bits per heavy atom. The summed E-state index contributed by atoms with van der Waals surface area (Å²) in [4.78, 5) is 29.4. The van der Waals surface area contributed by atoms with Crippen LogP contribution in [-0.4, -0.2) is 53.9 Å². The smallest absolute Gasteiger partial charge is 0.263 e. The predicted molar refractivity (Wildman–Crippen MR) is 119 cm³/mol. The van der Waals surface area contributed by atoms with Crippen molar-refractivity contribution in [2.24, 2.45) is 0 Å². The molecule has 0 radical (unpaired) electrons. The Morgan fingerprint density at radius 2 is 1.50 bits per heavy atom. The Morgan fingerprint density at radius 1 is 0.867 bits per heavy atom. The lowest BCUT2D eigenvalue weighted by Gasteiger charge is -2.26. The van der Waals surface area contributed by atoms with E-state index in [2.05, 4.69) is 13.8 Å². The molecule has 0 bridgehead atoms. The fourth-order valence-electron chi connectivity index (χ4n) is 3.83. The van der Waals surface area contributed by atoms with Crippen molar-refractivity contribution in [3.05, 3.63) is 65.7 Å². The van der Waals surface area contributed by atoms with Gasteiger partial charge in [-0.15, -0.1) is 0 Å². The lowest BCUT2D eigenvalue weighted by Crippen LogP contribution is -2.43. The van der Waals surface area contributed by atoms with Crippen LogP contribution in [0.3, 0.4) is 0 Å². The zero-order valence-corrected chi connectivity index (χ0v) is 18.2. The lowest BCUT2D eigenvalue weighted by molar-refractivity contribution is -0.138. The van der Waals surface area contributed by atoms with Crippen molar-refractivity contribution in [2.45, 2.75) is 45.6 Å². The van der Waals surface area contributed by atoms with E-state index in [4.69, 9.17) is 4.74 Å². The lowest BCUT2D eigenvalue weighted by atomic mass is 10.0. The van der Waals surface area contributed by atoms with Crippen molar-refractivity contribution in [3.8, 4) is 5.75 Å². The van der Waals surface area contributed by atoms with Crippen molar-refractivity contribution in [2.75, 3.05) is 26.2 Å². The summed E-state index contributed by atoms with van der Waals surface area (Å²) in [6, 6.07) is 17.7. The number of nitrogens with zero attached hydrogens (tertiary/aromatic N) is 2. The van der Waals surface area contributed by atoms with Crippen LogP contribution in [0, 0.1) is 0 Å². The van der Waals surface area contributed by atoms with Gasteiger partial charge in [-0.25, -0.2) is 0 Å². The normalized spacial score (nSPS) is 15.6. The topological polar surface area (TPSA) is 49.9 Å². The number of carbonyl (C=O) groups excluding carboxylic acids is 2. The van der Waals surface area contributed by atoms with Gasteiger partial charge >= 0.3 is 0 Å². The fourth-order valence-corrected chi connectivity index (χ4v) is 3.83. The molecule has 1 fully saturated rings. The second-order valence-electron chi connectivity index (χ2n) is 8.17. The van der Waals surface area contributed by atoms with E-state index in [-0.39, 0.29) is 11.8 Å². The predicted octanol–water partition coefficient (Wildman–Crippen LogP) is 3.88. The van der Waals surface area contributed by atoms with Gasteiger partial charge in [0.25, 0.3) is 5.91 Å². The Labute approximate surface area is 179 Å². The van der Waals surface area contributed by atoms with Crippen LogP contribution in [0.4, 0.5) is 0 Å². The van der Waals surface area contributed by atoms with Crippen LogP contribution in [0.1, 0.15) is 44.2 Å². The number of benzene rings is 2. The Kier molecular flexibility index (Phi) is 7.50. The molecule has 3 rings (SSSR count). The molecule has 0 aromatic heterocycles. The monoisotopic (exact) mass is 408 g/mol. The highest BCUT2D eigenvalue weighted by molar-refractivity contribution is 5.81. The van der Waals surface area contributed by atoms with E-state index >= 15 is 0 Å². The SMILES string of the molecule is CC(Oc1ccccc1C(C)C)C(=O)N1CCCN(C(=O)Cc2ccccc2)CC1. The number of para-hydroxylation sites is 1. The van der Waals surface area contributed by atoms with Crippen LogP contribution in [0.25, 0.3) is 0 Å². The molecule has 2 aromatic carbocycles. The first kappa shape index (κ1) is 21.9. The quantitative estimate of drug-likeness (QED) is 0.729. The van der Waals surface area contributed by atoms with Gasteiger partial charge in [0.1, 0.15) is 5.75 Å². The summed E-state index contributed by atoms with van der Waals surface area (Å²) >= 11 is 0. The van der Waals surface area contributed by atoms with Crippen molar-refractivity contribution >= 4 is 11.8 Å². The minimum atomic E-state index is -0.559. The highest BCUT2D eigenvalue weighted by atomic mass is 16.5. The average Bonchev–Trinajstić information content (AvgIpc) is 3.00. The van der Waals surface area contributed by atoms with Gasteiger partial charge in [0.05, 0.1) is 6.42 Å². The van der Waals surface area contributed by atoms with Crippen molar-refractivity contribution in [1.82, 2.24) is 9.80 Å². The van der Waals surface area contributed by atoms with Gasteiger partial charge in [-0.3, -0.25) is 9.59 Å². The maximum atomic E-state index is 13.0. The molecule has 1 aliphatic heterocycles. The van der Waals surface area contributed by atoms with Crippen molar-refractivity contribution in [3.63, 3.8) is 0 Å². The number of hydrogen-bond acceptors (Lipinski definition) is 3. The molecule has 30 heavy (non-hydrogen) atoms. The Bertz CT molecular complexity index is 850. The van der Waals surface area contributed by atoms with E-state index in [0.717, 1.165) is 23.3 Å². The van der Waals surface area contributed by atoms with Crippen molar-refractivity contribution < 1.29 is 14.3 Å². The second-order valence-corrected chi connectivity index (χ2v) is 8.17. The van der Waals surface area contributed by atoms with E-state index in [1.54, 1.807) is 0 Å². The molecule has 0 spiro atoms. The van der Waals surface area contributed by atoms with E-state index in [1.807, 2.05) is 71.3 Å². The fraction of sp³-hybridized carbons (Fsp3) is 0.440. The Balaban J connectivity index is 1.57. The van der Waals surface area contributed by atoms with E-state index in [1.165, 1.54) is 0 Å². The molecule has 160 valence electrons. The molecular weight excluding hydrogens is 376 g/mol. The maximum absolute atomic E-state index is 13.0. The van der Waals surface area contributed by atoms with Gasteiger partial charge in [0.15, 0.2) is 6.10 Å². The van der Waals surface area contributed by atoms with Crippen LogP contribution < -0.4 is 4.74 Å². The van der Waals surface area contributed by atoms with E-state index < -0.39 is 6.10 Å². The summed E-state index contributed by atoms with van der Waals surface area (Å²) < 4.78 is 6.04. The zero-order valence-electron chi connectivity index (χ0n) is 18.2. The van der Waals surface area contributed by atoms with Crippen LogP contribution >= 0.6 is 0 Å². The minimum absolute atomic E-state index is 0.0223. The van der Waals surface area contributed by atoms with Crippen LogP contribution in [0.15, 0.2) is 54.6 Å². The summed E-state index contributed by atoms with van der Waals surface area (Å²) in [5.74, 6) is 1.19. The van der Waals surface area contributed by atoms with E-state index in [0.29, 0.717) is 38.5 Å². The minimum Gasteiger partial charge on any atom is -0.481 e. The number of amides is 2. The van der Waals surface area contributed by atoms with Gasteiger partial charge in [-0.05, 0) is 36.5 Å². The third kappa shape index (κ3) is 5.62. The molecule has 5 heteroatoms. The first-order valence-corrected chi connectivity index (χ1v) is 10.8. The molecular formula is C25H32N2O3. The molecule has 2 aromatic rings. The molecule has 1 atom stereocenters. The number of rotatable bonds is 6.